The Hall–Kier alpha value is -1.47. The molecule has 1 heterocycles. The summed E-state index contributed by atoms with van der Waals surface area (Å²) in [6.45, 7) is 0. The Morgan fingerprint density at radius 2 is 2.10 bits per heavy atom. The molecule has 0 amide bonds. The van der Waals surface area contributed by atoms with Crippen molar-refractivity contribution in [2.45, 2.75) is 0 Å². The predicted octanol–water partition coefficient (Wildman–Crippen LogP) is -1.56. The standard InChI is InChI=1S/C3H7N7/c4-7-2-1-6-10-9-3(2)8-5/h1H,4-5H2,(H,7,10)(H,6,8,9). The van der Waals surface area contributed by atoms with Gasteiger partial charge in [-0.05, 0) is 5.21 Å². The molecule has 0 aliphatic heterocycles. The van der Waals surface area contributed by atoms with Crippen LogP contribution >= 0.6 is 0 Å². The summed E-state index contributed by atoms with van der Waals surface area (Å²) in [6.07, 6.45) is 1.40. The largest absolute Gasteiger partial charge is 0.319 e. The normalized spacial score (nSPS) is 9.00. The number of hydrogen-bond donors (Lipinski definition) is 4. The van der Waals surface area contributed by atoms with Gasteiger partial charge in [-0.3, -0.25) is 5.84 Å². The van der Waals surface area contributed by atoms with Crippen LogP contribution < -0.4 is 22.5 Å². The molecular formula is C3H7N7. The lowest BCUT2D eigenvalue weighted by Crippen LogP contribution is -2.16. The van der Waals surface area contributed by atoms with Crippen molar-refractivity contribution in [1.82, 2.24) is 15.4 Å². The number of nitrogen functional groups attached to an aromatic ring is 2. The molecule has 0 aromatic carbocycles. The molecule has 0 atom stereocenters. The highest BCUT2D eigenvalue weighted by Gasteiger charge is 1.98. The van der Waals surface area contributed by atoms with Crippen LogP contribution in [0, 0.1) is 0 Å². The Labute approximate surface area is 56.7 Å². The first-order valence-electron chi connectivity index (χ1n) is 2.50. The lowest BCUT2D eigenvalue weighted by molar-refractivity contribution is 0.865. The lowest BCUT2D eigenvalue weighted by Gasteiger charge is -2.02. The second-order valence-electron chi connectivity index (χ2n) is 1.48. The Morgan fingerprint density at radius 3 is 2.60 bits per heavy atom. The van der Waals surface area contributed by atoms with Crippen LogP contribution in [-0.4, -0.2) is 15.4 Å². The van der Waals surface area contributed by atoms with E-state index in [4.69, 9.17) is 11.7 Å². The number of nitrogens with two attached hydrogens (primary N) is 2. The summed E-state index contributed by atoms with van der Waals surface area (Å²) >= 11 is 0. The molecule has 1 aromatic rings. The first-order valence-corrected chi connectivity index (χ1v) is 2.50. The second kappa shape index (κ2) is 2.90. The average molecular weight is 141 g/mol. The fourth-order valence-corrected chi connectivity index (χ4v) is 0.481. The van der Waals surface area contributed by atoms with Crippen molar-refractivity contribution in [2.75, 3.05) is 10.9 Å². The summed E-state index contributed by atoms with van der Waals surface area (Å²) in [6, 6.07) is 0. The van der Waals surface area contributed by atoms with Gasteiger partial charge in [0.05, 0.1) is 6.20 Å². The van der Waals surface area contributed by atoms with Gasteiger partial charge in [0.2, 0.25) is 0 Å². The zero-order chi connectivity index (χ0) is 7.40. The molecule has 0 fully saturated rings. The van der Waals surface area contributed by atoms with Crippen molar-refractivity contribution in [1.29, 1.82) is 0 Å². The van der Waals surface area contributed by atoms with Gasteiger partial charge in [-0.25, -0.2) is 5.84 Å². The summed E-state index contributed by atoms with van der Waals surface area (Å²) in [5.74, 6) is 10.5. The molecule has 0 bridgehead atoms. The molecule has 1 aromatic heterocycles. The Kier molecular flexibility index (Phi) is 1.92. The number of hydrogen-bond acceptors (Lipinski definition) is 7. The molecule has 10 heavy (non-hydrogen) atoms. The molecule has 0 aliphatic rings. The second-order valence-corrected chi connectivity index (χ2v) is 1.48. The van der Waals surface area contributed by atoms with Gasteiger partial charge in [-0.1, -0.05) is 0 Å². The summed E-state index contributed by atoms with van der Waals surface area (Å²) in [5, 5.41) is 10.3. The third kappa shape index (κ3) is 1.09. The molecule has 1 rings (SSSR count). The van der Waals surface area contributed by atoms with Gasteiger partial charge in [0.25, 0.3) is 0 Å². The molecule has 0 radical (unpaired) electrons. The van der Waals surface area contributed by atoms with Crippen LogP contribution in [0.15, 0.2) is 6.20 Å². The van der Waals surface area contributed by atoms with Crippen LogP contribution in [-0.2, 0) is 0 Å². The summed E-state index contributed by atoms with van der Waals surface area (Å²) in [4.78, 5) is 0. The van der Waals surface area contributed by atoms with E-state index in [9.17, 15) is 0 Å². The van der Waals surface area contributed by atoms with Crippen molar-refractivity contribution < 1.29 is 0 Å². The van der Waals surface area contributed by atoms with E-state index in [1.165, 1.54) is 6.20 Å². The molecule has 0 spiro atoms. The number of nitrogens with zero attached hydrogens (tertiary/aromatic N) is 3. The third-order valence-electron chi connectivity index (χ3n) is 0.931. The summed E-state index contributed by atoms with van der Waals surface area (Å²) < 4.78 is 0. The van der Waals surface area contributed by atoms with Crippen LogP contribution in [0.1, 0.15) is 0 Å². The van der Waals surface area contributed by atoms with Crippen molar-refractivity contribution in [3.8, 4) is 0 Å². The highest BCUT2D eigenvalue weighted by molar-refractivity contribution is 5.60. The summed E-state index contributed by atoms with van der Waals surface area (Å²) in [7, 11) is 0. The minimum atomic E-state index is 0.359. The van der Waals surface area contributed by atoms with E-state index in [-0.39, 0.29) is 0 Å². The fraction of sp³-hybridized carbons (Fsp3) is 0. The average Bonchev–Trinajstić information content (AvgIpc) is 2.04. The number of rotatable bonds is 2. The van der Waals surface area contributed by atoms with E-state index in [0.717, 1.165) is 0 Å². The van der Waals surface area contributed by atoms with Crippen LogP contribution in [0.4, 0.5) is 11.5 Å². The van der Waals surface area contributed by atoms with Gasteiger partial charge in [0.1, 0.15) is 5.69 Å². The Balaban J connectivity index is 2.96. The van der Waals surface area contributed by atoms with Crippen molar-refractivity contribution in [3.63, 3.8) is 0 Å². The highest BCUT2D eigenvalue weighted by Crippen LogP contribution is 2.10. The first kappa shape index (κ1) is 6.65. The van der Waals surface area contributed by atoms with E-state index >= 15 is 0 Å². The van der Waals surface area contributed by atoms with E-state index in [1.807, 2.05) is 0 Å². The summed E-state index contributed by atoms with van der Waals surface area (Å²) in [5.41, 5.74) is 5.13. The van der Waals surface area contributed by atoms with Crippen molar-refractivity contribution in [3.05, 3.63) is 6.20 Å². The molecule has 0 aliphatic carbocycles. The van der Waals surface area contributed by atoms with Gasteiger partial charge in [0.15, 0.2) is 5.82 Å². The minimum Gasteiger partial charge on any atom is -0.319 e. The van der Waals surface area contributed by atoms with Crippen molar-refractivity contribution >= 4 is 11.5 Å². The Morgan fingerprint density at radius 1 is 1.30 bits per heavy atom. The van der Waals surface area contributed by atoms with Crippen LogP contribution in [0.5, 0.6) is 0 Å². The van der Waals surface area contributed by atoms with Crippen LogP contribution in [0.2, 0.25) is 0 Å². The van der Waals surface area contributed by atoms with E-state index < -0.39 is 0 Å². The van der Waals surface area contributed by atoms with E-state index in [0.29, 0.717) is 11.5 Å². The molecule has 0 saturated carbocycles. The first-order chi connectivity index (χ1) is 4.88. The van der Waals surface area contributed by atoms with Gasteiger partial charge in [-0.15, -0.1) is 10.2 Å². The third-order valence-corrected chi connectivity index (χ3v) is 0.931. The maximum atomic E-state index is 5.07. The molecule has 0 unspecified atom stereocenters. The monoisotopic (exact) mass is 141 g/mol. The van der Waals surface area contributed by atoms with E-state index in [1.54, 1.807) is 0 Å². The number of nitrogens with one attached hydrogen (secondary N) is 2. The van der Waals surface area contributed by atoms with Gasteiger partial charge in [0, 0.05) is 0 Å². The minimum absolute atomic E-state index is 0.359. The molecular weight excluding hydrogens is 134 g/mol. The maximum absolute atomic E-state index is 5.07. The van der Waals surface area contributed by atoms with Crippen LogP contribution in [0.3, 0.4) is 0 Å². The van der Waals surface area contributed by atoms with E-state index in [2.05, 4.69) is 26.3 Å². The fourth-order valence-electron chi connectivity index (χ4n) is 0.481. The lowest BCUT2D eigenvalue weighted by atomic mass is 10.5. The number of aromatic nitrogens is 3. The van der Waals surface area contributed by atoms with Gasteiger partial charge in [-0.2, -0.15) is 0 Å². The predicted molar refractivity (Wildman–Crippen MR) is 35.4 cm³/mol. The maximum Gasteiger partial charge on any atom is 0.190 e. The topological polar surface area (TPSA) is 115 Å². The van der Waals surface area contributed by atoms with Crippen LogP contribution in [0.25, 0.3) is 0 Å². The van der Waals surface area contributed by atoms with Gasteiger partial charge < -0.3 is 10.9 Å². The molecule has 0 saturated heterocycles. The molecule has 54 valence electrons. The number of hydrazine groups is 2. The smallest absolute Gasteiger partial charge is 0.190 e. The molecule has 6 N–H and O–H groups in total. The van der Waals surface area contributed by atoms with Gasteiger partial charge >= 0.3 is 0 Å². The molecule has 7 heteroatoms. The molecule has 7 nitrogen and oxygen atoms in total. The van der Waals surface area contributed by atoms with Crippen molar-refractivity contribution in [2.24, 2.45) is 11.7 Å². The SMILES string of the molecule is NNc1cnnnc1NN. The Bertz CT molecular complexity index is 187. The zero-order valence-corrected chi connectivity index (χ0v) is 5.07. The quantitative estimate of drug-likeness (QED) is 0.291. The number of anilines is 2. The highest BCUT2D eigenvalue weighted by atomic mass is 15.4. The zero-order valence-electron chi connectivity index (χ0n) is 5.07.